The second-order valence-corrected chi connectivity index (χ2v) is 16.0. The van der Waals surface area contributed by atoms with Crippen LogP contribution in [0.25, 0.3) is 11.2 Å². The molecule has 27 heteroatoms. The molecule has 3 aromatic rings. The molecule has 0 radical (unpaired) electrons. The van der Waals surface area contributed by atoms with Gasteiger partial charge >= 0.3 is 21.7 Å². The van der Waals surface area contributed by atoms with Crippen LogP contribution >= 0.6 is 15.6 Å². The quantitative estimate of drug-likeness (QED) is 0.0727. The molecule has 3 aliphatic heterocycles. The summed E-state index contributed by atoms with van der Waals surface area (Å²) in [5.41, 5.74) is 6.66. The Bertz CT molecular complexity index is 1950. The third kappa shape index (κ3) is 8.79. The van der Waals surface area contributed by atoms with Crippen molar-refractivity contribution in [3.05, 3.63) is 42.7 Å². The van der Waals surface area contributed by atoms with E-state index in [1.54, 1.807) is 19.1 Å². The molecular formula is C28H39F2N8O15P2+. The zero-order valence-corrected chi connectivity index (χ0v) is 30.6. The summed E-state index contributed by atoms with van der Waals surface area (Å²) in [4.78, 5) is 46.0. The van der Waals surface area contributed by atoms with Gasteiger partial charge in [0.2, 0.25) is 0 Å². The number of hydrogen-bond donors (Lipinski definition) is 8. The number of phosphoric acid groups is 2. The maximum Gasteiger partial charge on any atom is 0.481 e. The van der Waals surface area contributed by atoms with Gasteiger partial charge in [-0.1, -0.05) is 0 Å². The largest absolute Gasteiger partial charge is 0.481 e. The van der Waals surface area contributed by atoms with Gasteiger partial charge in [-0.15, -0.1) is 0 Å². The number of nitrogens with one attached hydrogen (secondary N) is 1. The highest BCUT2D eigenvalue weighted by Crippen LogP contribution is 2.60. The second-order valence-electron chi connectivity index (χ2n) is 12.9. The van der Waals surface area contributed by atoms with Gasteiger partial charge in [0.05, 0.1) is 32.2 Å². The molecule has 304 valence electrons. The van der Waals surface area contributed by atoms with Crippen molar-refractivity contribution < 1.29 is 85.1 Å². The first-order valence-corrected chi connectivity index (χ1v) is 19.4. The molecule has 0 aromatic carbocycles. The number of nitrogen functional groups attached to an aromatic ring is 1. The number of aliphatic hydroxyl groups is 4. The topological polar surface area (TPSA) is 317 Å². The lowest BCUT2D eigenvalue weighted by atomic mass is 10.1. The summed E-state index contributed by atoms with van der Waals surface area (Å²) < 4.78 is 85.3. The van der Waals surface area contributed by atoms with E-state index in [1.165, 1.54) is 39.8 Å². The summed E-state index contributed by atoms with van der Waals surface area (Å²) in [6, 6.07) is 0.255. The summed E-state index contributed by atoms with van der Waals surface area (Å²) in [5, 5.41) is 44.5. The second kappa shape index (κ2) is 15.9. The predicted molar refractivity (Wildman–Crippen MR) is 175 cm³/mol. The summed E-state index contributed by atoms with van der Waals surface area (Å²) in [7, 11) is -9.43. The van der Waals surface area contributed by atoms with Crippen molar-refractivity contribution in [2.45, 2.75) is 74.0 Å². The van der Waals surface area contributed by atoms with Gasteiger partial charge in [0, 0.05) is 19.2 Å². The number of aromatic nitrogens is 5. The van der Waals surface area contributed by atoms with Crippen LogP contribution in [0, 0.1) is 0 Å². The number of phosphoric ester groups is 2. The molecule has 0 saturated carbocycles. The lowest BCUT2D eigenvalue weighted by Crippen LogP contribution is -2.51. The van der Waals surface area contributed by atoms with Crippen molar-refractivity contribution in [1.82, 2.24) is 29.7 Å². The van der Waals surface area contributed by atoms with Crippen LogP contribution < -0.4 is 15.6 Å². The van der Waals surface area contributed by atoms with E-state index in [-0.39, 0.29) is 23.6 Å². The van der Waals surface area contributed by atoms with Gasteiger partial charge < -0.3 is 60.4 Å². The first-order valence-electron chi connectivity index (χ1n) is 16.4. The van der Waals surface area contributed by atoms with Crippen molar-refractivity contribution in [2.75, 3.05) is 39.2 Å². The molecule has 0 bridgehead atoms. The van der Waals surface area contributed by atoms with Crippen LogP contribution in [0.4, 0.5) is 19.4 Å². The summed E-state index contributed by atoms with van der Waals surface area (Å²) in [6.07, 6.45) is -6.81. The number of halogens is 2. The molecule has 12 atom stereocenters. The molecule has 3 fully saturated rings. The van der Waals surface area contributed by atoms with E-state index < -0.39 is 109 Å². The van der Waals surface area contributed by atoms with Crippen LogP contribution in [0.2, 0.25) is 0 Å². The van der Waals surface area contributed by atoms with E-state index >= 15 is 0 Å². The molecule has 55 heavy (non-hydrogen) atoms. The standard InChI is InChI=1S/C28H38F2N8O15P2/c1-13(36(2)27(43)35-17-9-48-10-28(17,29)30)14-3-5-37(6-4-14)25-21(41)19(39)15(51-25)7-49-54(44,45)53-55(46,47)50-8-16-20(40)22(42)26(52-16)38-12-34-18-23(31)32-11-33-24(18)38/h3-6,11-13,15-17,19-22,25-26,39-42H,7-10H2,1-2H3,(H4-,31,32,33,35,43,44,45,46,47)/p+1/t13-,15+,16+,17+,19+,20+,21+,22+,25+,26+/m0/s1. The fourth-order valence-corrected chi connectivity index (χ4v) is 8.10. The summed E-state index contributed by atoms with van der Waals surface area (Å²) in [5.74, 6) is -3.17. The highest BCUT2D eigenvalue weighted by Gasteiger charge is 2.51. The molecule has 23 nitrogen and oxygen atoms in total. The number of imidazole rings is 1. The number of carbonyl (C=O) groups is 1. The van der Waals surface area contributed by atoms with Gasteiger partial charge in [0.1, 0.15) is 55.0 Å². The third-order valence-corrected chi connectivity index (χ3v) is 11.9. The van der Waals surface area contributed by atoms with Gasteiger partial charge in [-0.05, 0) is 12.5 Å². The molecule has 3 aromatic heterocycles. The van der Waals surface area contributed by atoms with E-state index in [9.17, 15) is 52.9 Å². The molecule has 0 aliphatic carbocycles. The van der Waals surface area contributed by atoms with Crippen LogP contribution in [0.3, 0.4) is 0 Å². The van der Waals surface area contributed by atoms with Crippen molar-refractivity contribution >= 4 is 38.7 Å². The maximum absolute atomic E-state index is 13.9. The number of hydrogen-bond acceptors (Lipinski definition) is 17. The summed E-state index contributed by atoms with van der Waals surface area (Å²) in [6.45, 7) is -1.32. The van der Waals surface area contributed by atoms with Crippen LogP contribution in [0.1, 0.15) is 31.0 Å². The lowest BCUT2D eigenvalue weighted by molar-refractivity contribution is -0.765. The molecular weight excluding hydrogens is 788 g/mol. The Morgan fingerprint density at radius 3 is 2.29 bits per heavy atom. The van der Waals surface area contributed by atoms with E-state index in [1.807, 2.05) is 0 Å². The number of aliphatic hydroxyl groups excluding tert-OH is 4. The van der Waals surface area contributed by atoms with Gasteiger partial charge in [-0.25, -0.2) is 37.7 Å². The van der Waals surface area contributed by atoms with Gasteiger partial charge in [-0.3, -0.25) is 13.6 Å². The first-order chi connectivity index (χ1) is 25.8. The van der Waals surface area contributed by atoms with Crippen LogP contribution in [0.5, 0.6) is 0 Å². The normalized spacial score (nSPS) is 31.9. The Balaban J connectivity index is 0.990. The number of nitrogens with two attached hydrogens (primary N) is 1. The van der Waals surface area contributed by atoms with Gasteiger partial charge in [0.15, 0.2) is 36.2 Å². The minimum Gasteiger partial charge on any atom is -0.387 e. The number of nitrogens with zero attached hydrogens (tertiary/aromatic N) is 6. The van der Waals surface area contributed by atoms with Crippen LogP contribution in [-0.4, -0.2) is 143 Å². The zero-order valence-electron chi connectivity index (χ0n) is 28.8. The number of urea groups is 1. The average Bonchev–Trinajstić information content (AvgIpc) is 3.86. The molecule has 6 heterocycles. The molecule has 3 aliphatic rings. The molecule has 2 amide bonds. The Morgan fingerprint density at radius 1 is 1.05 bits per heavy atom. The molecule has 2 unspecified atom stereocenters. The number of pyridine rings is 1. The number of amides is 2. The maximum atomic E-state index is 13.9. The summed E-state index contributed by atoms with van der Waals surface area (Å²) >= 11 is 0. The Hall–Kier alpha value is -3.39. The number of ether oxygens (including phenoxy) is 3. The number of anilines is 1. The number of fused-ring (bicyclic) bond motifs is 1. The van der Waals surface area contributed by atoms with Crippen molar-refractivity contribution in [1.29, 1.82) is 0 Å². The van der Waals surface area contributed by atoms with Crippen molar-refractivity contribution in [2.24, 2.45) is 0 Å². The van der Waals surface area contributed by atoms with Gasteiger partial charge in [0.25, 0.3) is 12.2 Å². The highest BCUT2D eigenvalue weighted by atomic mass is 31.3. The number of rotatable bonds is 13. The molecule has 0 spiro atoms. The molecule has 9 N–H and O–H groups in total. The predicted octanol–water partition coefficient (Wildman–Crippen LogP) is -1.38. The first kappa shape index (κ1) is 41.2. The average molecular weight is 828 g/mol. The van der Waals surface area contributed by atoms with Crippen LogP contribution in [0.15, 0.2) is 37.2 Å². The van der Waals surface area contributed by atoms with E-state index in [0.717, 1.165) is 6.33 Å². The van der Waals surface area contributed by atoms with Crippen molar-refractivity contribution in [3.63, 3.8) is 0 Å². The van der Waals surface area contributed by atoms with Gasteiger partial charge in [-0.2, -0.15) is 8.88 Å². The smallest absolute Gasteiger partial charge is 0.387 e. The fourth-order valence-electron chi connectivity index (χ4n) is 6.01. The molecule has 6 rings (SSSR count). The Labute approximate surface area is 309 Å². The fraction of sp³-hybridized carbons (Fsp3) is 0.607. The van der Waals surface area contributed by atoms with E-state index in [2.05, 4.69) is 24.6 Å². The Morgan fingerprint density at radius 2 is 1.67 bits per heavy atom. The van der Waals surface area contributed by atoms with Crippen LogP contribution in [-0.2, 0) is 36.7 Å². The number of alkyl halides is 2. The van der Waals surface area contributed by atoms with E-state index in [0.29, 0.717) is 5.56 Å². The third-order valence-electron chi connectivity index (χ3n) is 9.29. The minimum absolute atomic E-state index is 0.0383. The highest BCUT2D eigenvalue weighted by molar-refractivity contribution is 7.61. The lowest BCUT2D eigenvalue weighted by Gasteiger charge is -2.28. The zero-order chi connectivity index (χ0) is 40.0. The number of carbonyl (C=O) groups excluding carboxylic acids is 1. The Kier molecular flexibility index (Phi) is 11.9. The minimum atomic E-state index is -5.42. The molecule has 3 saturated heterocycles. The van der Waals surface area contributed by atoms with Crippen molar-refractivity contribution in [3.8, 4) is 0 Å². The monoisotopic (exact) mass is 827 g/mol. The van der Waals surface area contributed by atoms with E-state index in [4.69, 9.17) is 29.0 Å². The SMILES string of the molecule is C[C@@H](c1cc[n+]([C@@H]2O[C@H](COP(=O)(O)OP(=O)(O)OC[C@H]3O[C@@H](n4cnc5c(N)ncnc54)[C@H](O)[C@@H]3O)[C@@H](O)[C@H]2O)cc1)N(C)C(=O)N[C@@H]1COCC1(F)F.